The predicted octanol–water partition coefficient (Wildman–Crippen LogP) is 2.44. The number of nitrogens with zero attached hydrogens (tertiary/aromatic N) is 2. The van der Waals surface area contributed by atoms with E-state index in [9.17, 15) is 30.4 Å². The van der Waals surface area contributed by atoms with Crippen LogP contribution in [0.3, 0.4) is 0 Å². The standard InChI is InChI=1S/C27H32N2O8S3/c1-20-4-10-23(11-5-20)38(31,32)28-18-26(27(30)19-28)29(39(33,34)24-12-6-21(2)7-13-24)16-17-37-40(35,36)25-14-8-22(3)9-15-25/h4-15,26-27,30H,16-19H2,1-3H3/t26-,27-/m0/s1. The van der Waals surface area contributed by atoms with Crippen LogP contribution >= 0.6 is 0 Å². The first-order valence-electron chi connectivity index (χ1n) is 12.5. The van der Waals surface area contributed by atoms with Crippen molar-refractivity contribution < 1.29 is 34.5 Å². The molecule has 0 aromatic heterocycles. The molecule has 13 heteroatoms. The zero-order valence-electron chi connectivity index (χ0n) is 22.3. The van der Waals surface area contributed by atoms with Crippen LogP contribution in [0.4, 0.5) is 0 Å². The van der Waals surface area contributed by atoms with Gasteiger partial charge in [0.15, 0.2) is 0 Å². The molecule has 0 spiro atoms. The largest absolute Gasteiger partial charge is 0.390 e. The van der Waals surface area contributed by atoms with Gasteiger partial charge in [0.05, 0.1) is 33.4 Å². The van der Waals surface area contributed by atoms with Gasteiger partial charge in [0.2, 0.25) is 20.0 Å². The van der Waals surface area contributed by atoms with Crippen molar-refractivity contribution in [2.24, 2.45) is 0 Å². The van der Waals surface area contributed by atoms with Crippen LogP contribution in [0.25, 0.3) is 0 Å². The summed E-state index contributed by atoms with van der Waals surface area (Å²) in [6.07, 6.45) is -1.37. The molecule has 1 N–H and O–H groups in total. The molecule has 0 saturated carbocycles. The fraction of sp³-hybridized carbons (Fsp3) is 0.333. The summed E-state index contributed by atoms with van der Waals surface area (Å²) in [4.78, 5) is -0.139. The molecular formula is C27H32N2O8S3. The number of β-amino-alcohol motifs (C(OH)–C–C–N with tert-alkyl or cyclic N) is 1. The molecule has 1 fully saturated rings. The van der Waals surface area contributed by atoms with Gasteiger partial charge in [0.25, 0.3) is 10.1 Å². The van der Waals surface area contributed by atoms with Crippen molar-refractivity contribution in [2.75, 3.05) is 26.2 Å². The van der Waals surface area contributed by atoms with Crippen molar-refractivity contribution in [2.45, 2.75) is 47.6 Å². The molecule has 40 heavy (non-hydrogen) atoms. The summed E-state index contributed by atoms with van der Waals surface area (Å²) in [5.74, 6) is 0. The van der Waals surface area contributed by atoms with Gasteiger partial charge in [0, 0.05) is 19.6 Å². The van der Waals surface area contributed by atoms with Gasteiger partial charge in [-0.25, -0.2) is 16.8 Å². The molecule has 1 aliphatic heterocycles. The summed E-state index contributed by atoms with van der Waals surface area (Å²) in [5, 5.41) is 10.9. The van der Waals surface area contributed by atoms with E-state index < -0.39 is 55.5 Å². The number of aliphatic hydroxyl groups is 1. The van der Waals surface area contributed by atoms with Crippen LogP contribution in [-0.4, -0.2) is 77.4 Å². The van der Waals surface area contributed by atoms with Crippen LogP contribution in [0.1, 0.15) is 16.7 Å². The van der Waals surface area contributed by atoms with Crippen LogP contribution in [0.2, 0.25) is 0 Å². The second kappa shape index (κ2) is 11.7. The van der Waals surface area contributed by atoms with Gasteiger partial charge in [-0.15, -0.1) is 0 Å². The second-order valence-electron chi connectivity index (χ2n) is 9.79. The molecule has 2 atom stereocenters. The van der Waals surface area contributed by atoms with Crippen molar-refractivity contribution in [1.82, 2.24) is 8.61 Å². The lowest BCUT2D eigenvalue weighted by Gasteiger charge is -2.29. The van der Waals surface area contributed by atoms with E-state index in [1.807, 2.05) is 6.92 Å². The van der Waals surface area contributed by atoms with Gasteiger partial charge in [-0.2, -0.15) is 17.0 Å². The van der Waals surface area contributed by atoms with E-state index in [2.05, 4.69) is 0 Å². The highest BCUT2D eigenvalue weighted by Gasteiger charge is 2.45. The number of benzene rings is 3. The monoisotopic (exact) mass is 608 g/mol. The fourth-order valence-electron chi connectivity index (χ4n) is 4.39. The van der Waals surface area contributed by atoms with E-state index in [0.29, 0.717) is 0 Å². The Hall–Kier alpha value is -2.65. The molecule has 0 bridgehead atoms. The maximum Gasteiger partial charge on any atom is 0.297 e. The number of hydrogen-bond acceptors (Lipinski definition) is 8. The molecule has 1 saturated heterocycles. The van der Waals surface area contributed by atoms with Crippen molar-refractivity contribution in [1.29, 1.82) is 0 Å². The normalized spacial score (nSPS) is 18.8. The molecule has 0 aliphatic carbocycles. The summed E-state index contributed by atoms with van der Waals surface area (Å²) in [5.41, 5.74) is 2.55. The summed E-state index contributed by atoms with van der Waals surface area (Å²) >= 11 is 0. The molecule has 4 rings (SSSR count). The molecule has 1 heterocycles. The number of rotatable bonds is 10. The molecule has 0 unspecified atom stereocenters. The number of sulfonamides is 2. The number of hydrogen-bond donors (Lipinski definition) is 1. The summed E-state index contributed by atoms with van der Waals surface area (Å²) in [6, 6.07) is 17.1. The van der Waals surface area contributed by atoms with Crippen molar-refractivity contribution >= 4 is 30.2 Å². The topological polar surface area (TPSA) is 138 Å². The minimum atomic E-state index is -4.28. The number of aliphatic hydroxyl groups excluding tert-OH is 1. The minimum absolute atomic E-state index is 0.0198. The Labute approximate surface area is 236 Å². The van der Waals surface area contributed by atoms with E-state index in [1.54, 1.807) is 50.2 Å². The van der Waals surface area contributed by atoms with Crippen LogP contribution in [-0.2, 0) is 34.3 Å². The van der Waals surface area contributed by atoms with Gasteiger partial charge in [-0.1, -0.05) is 53.1 Å². The average Bonchev–Trinajstić information content (AvgIpc) is 3.29. The Bertz CT molecular complexity index is 1650. The third kappa shape index (κ3) is 6.46. The van der Waals surface area contributed by atoms with Crippen LogP contribution in [0, 0.1) is 20.8 Å². The maximum atomic E-state index is 13.7. The summed E-state index contributed by atoms with van der Waals surface area (Å²) < 4.78 is 86.6. The lowest BCUT2D eigenvalue weighted by Crippen LogP contribution is -2.48. The lowest BCUT2D eigenvalue weighted by molar-refractivity contribution is 0.119. The van der Waals surface area contributed by atoms with Crippen molar-refractivity contribution in [3.05, 3.63) is 89.5 Å². The zero-order chi connectivity index (χ0) is 29.3. The minimum Gasteiger partial charge on any atom is -0.390 e. The lowest BCUT2D eigenvalue weighted by atomic mass is 10.2. The van der Waals surface area contributed by atoms with Gasteiger partial charge in [-0.05, 0) is 57.2 Å². The van der Waals surface area contributed by atoms with Gasteiger partial charge >= 0.3 is 0 Å². The van der Waals surface area contributed by atoms with E-state index in [4.69, 9.17) is 4.18 Å². The van der Waals surface area contributed by atoms with Crippen LogP contribution in [0.15, 0.2) is 87.5 Å². The third-order valence-electron chi connectivity index (χ3n) is 6.74. The summed E-state index contributed by atoms with van der Waals surface area (Å²) in [7, 11) is -12.5. The Morgan fingerprint density at radius 3 is 1.68 bits per heavy atom. The Morgan fingerprint density at radius 1 is 0.725 bits per heavy atom. The first-order chi connectivity index (χ1) is 18.7. The maximum absolute atomic E-state index is 13.7. The van der Waals surface area contributed by atoms with Crippen LogP contribution in [0.5, 0.6) is 0 Å². The van der Waals surface area contributed by atoms with E-state index >= 15 is 0 Å². The van der Waals surface area contributed by atoms with Gasteiger partial charge in [0.1, 0.15) is 0 Å². The molecule has 3 aromatic carbocycles. The quantitative estimate of drug-likeness (QED) is 0.347. The molecule has 10 nitrogen and oxygen atoms in total. The Morgan fingerprint density at radius 2 is 1.18 bits per heavy atom. The first kappa shape index (κ1) is 30.3. The molecule has 1 aliphatic rings. The average molecular weight is 609 g/mol. The second-order valence-corrected chi connectivity index (χ2v) is 15.2. The highest BCUT2D eigenvalue weighted by molar-refractivity contribution is 7.89. The third-order valence-corrected chi connectivity index (χ3v) is 11.9. The van der Waals surface area contributed by atoms with Crippen molar-refractivity contribution in [3.63, 3.8) is 0 Å². The Balaban J connectivity index is 1.62. The summed E-state index contributed by atoms with van der Waals surface area (Å²) in [6.45, 7) is 3.78. The molecule has 3 aromatic rings. The molecule has 0 radical (unpaired) electrons. The molecule has 216 valence electrons. The predicted molar refractivity (Wildman–Crippen MR) is 149 cm³/mol. The van der Waals surface area contributed by atoms with Gasteiger partial charge in [-0.3, -0.25) is 4.18 Å². The number of aryl methyl sites for hydroxylation is 3. The fourth-order valence-corrected chi connectivity index (χ4v) is 8.40. The van der Waals surface area contributed by atoms with Gasteiger partial charge < -0.3 is 5.11 Å². The highest BCUT2D eigenvalue weighted by Crippen LogP contribution is 2.28. The highest BCUT2D eigenvalue weighted by atomic mass is 32.2. The SMILES string of the molecule is Cc1ccc(S(=O)(=O)OCCN([C@H]2CN(S(=O)(=O)c3ccc(C)cc3)C[C@@H]2O)S(=O)(=O)c2ccc(C)cc2)cc1. The van der Waals surface area contributed by atoms with E-state index in [1.165, 1.54) is 36.4 Å². The van der Waals surface area contributed by atoms with Crippen molar-refractivity contribution in [3.8, 4) is 0 Å². The molecular weight excluding hydrogens is 577 g/mol. The van der Waals surface area contributed by atoms with E-state index in [-0.39, 0.29) is 27.8 Å². The first-order valence-corrected chi connectivity index (χ1v) is 16.8. The molecule has 0 amide bonds. The smallest absolute Gasteiger partial charge is 0.297 e. The zero-order valence-corrected chi connectivity index (χ0v) is 24.8. The van der Waals surface area contributed by atoms with E-state index in [0.717, 1.165) is 25.3 Å². The Kier molecular flexibility index (Phi) is 8.85. The van der Waals surface area contributed by atoms with Crippen LogP contribution < -0.4 is 0 Å².